The second-order valence-electron chi connectivity index (χ2n) is 14.9. The first-order valence-corrected chi connectivity index (χ1v) is 18.0. The summed E-state index contributed by atoms with van der Waals surface area (Å²) in [5.41, 5.74) is 6.86. The summed E-state index contributed by atoms with van der Waals surface area (Å²) in [5, 5.41) is 21.5. The van der Waals surface area contributed by atoms with E-state index in [1.54, 1.807) is 23.1 Å². The van der Waals surface area contributed by atoms with Gasteiger partial charge in [0.2, 0.25) is 0 Å². The van der Waals surface area contributed by atoms with Crippen LogP contribution in [0, 0.1) is 28.5 Å². The lowest BCUT2D eigenvalue weighted by Crippen LogP contribution is -2.45. The Kier molecular flexibility index (Phi) is 8.67. The summed E-state index contributed by atoms with van der Waals surface area (Å²) in [5.74, 6) is -0.0136. The fourth-order valence-corrected chi connectivity index (χ4v) is 9.09. The maximum atomic E-state index is 15.0. The third kappa shape index (κ3) is 6.04. The minimum absolute atomic E-state index is 0.0972. The van der Waals surface area contributed by atoms with Gasteiger partial charge in [-0.05, 0) is 77.3 Å². The highest BCUT2D eigenvalue weighted by Crippen LogP contribution is 2.44. The Bertz CT molecular complexity index is 2140. The van der Waals surface area contributed by atoms with Crippen LogP contribution in [-0.4, -0.2) is 88.5 Å². The number of carbonyl (C=O) groups excluding carboxylic acids is 1. The first-order chi connectivity index (χ1) is 24.2. The number of benzene rings is 2. The first kappa shape index (κ1) is 34.6. The van der Waals surface area contributed by atoms with Crippen molar-refractivity contribution >= 4 is 49.2 Å². The van der Waals surface area contributed by atoms with Crippen LogP contribution in [0.25, 0.3) is 32.1 Å². The van der Waals surface area contributed by atoms with Crippen LogP contribution in [0.15, 0.2) is 24.3 Å². The van der Waals surface area contributed by atoms with Gasteiger partial charge in [0.25, 0.3) is 0 Å². The van der Waals surface area contributed by atoms with Crippen molar-refractivity contribution in [2.45, 2.75) is 82.8 Å². The van der Waals surface area contributed by atoms with E-state index in [-0.39, 0.29) is 45.5 Å². The van der Waals surface area contributed by atoms with Gasteiger partial charge in [0.15, 0.2) is 0 Å². The van der Waals surface area contributed by atoms with E-state index in [9.17, 15) is 24.1 Å². The number of likely N-dealkylation sites (tertiary alicyclic amines) is 1. The van der Waals surface area contributed by atoms with E-state index in [4.69, 9.17) is 25.2 Å². The quantitative estimate of drug-likeness (QED) is 0.227. The molecule has 0 spiro atoms. The molecule has 51 heavy (non-hydrogen) atoms. The van der Waals surface area contributed by atoms with E-state index >= 15 is 0 Å². The van der Waals surface area contributed by atoms with Gasteiger partial charge in [-0.15, -0.1) is 11.3 Å². The third-order valence-electron chi connectivity index (χ3n) is 10.5. The fraction of sp³-hybridized carbons (Fsp3) is 0.486. The van der Waals surface area contributed by atoms with Crippen molar-refractivity contribution in [1.82, 2.24) is 19.8 Å². The second-order valence-corrected chi connectivity index (χ2v) is 15.9. The molecule has 11 nitrogen and oxygen atoms in total. The topological polar surface area (TPSA) is 145 Å². The molecule has 4 atom stereocenters. The van der Waals surface area contributed by atoms with Crippen molar-refractivity contribution in [1.29, 1.82) is 10.5 Å². The van der Waals surface area contributed by atoms with Crippen LogP contribution in [0.2, 0.25) is 0 Å². The van der Waals surface area contributed by atoms with E-state index in [1.165, 1.54) is 6.07 Å². The van der Waals surface area contributed by atoms with Gasteiger partial charge in [0.1, 0.15) is 41.1 Å². The summed E-state index contributed by atoms with van der Waals surface area (Å²) in [6.45, 7) is 9.37. The van der Waals surface area contributed by atoms with Gasteiger partial charge < -0.3 is 25.0 Å². The molecule has 3 fully saturated rings. The number of nitrogens with zero attached hydrogens (tertiary/aromatic N) is 7. The lowest BCUT2D eigenvalue weighted by atomic mass is 9.94. The van der Waals surface area contributed by atoms with Crippen LogP contribution in [0.1, 0.15) is 64.5 Å². The highest BCUT2D eigenvalue weighted by Gasteiger charge is 2.49. The smallest absolute Gasteiger partial charge is 0.410 e. The molecule has 1 amide bonds. The molecule has 3 aliphatic rings. The van der Waals surface area contributed by atoms with Crippen molar-refractivity contribution in [2.75, 3.05) is 43.9 Å². The summed E-state index contributed by atoms with van der Waals surface area (Å²) in [6.07, 6.45) is 1.49. The molecule has 0 saturated carbocycles. The van der Waals surface area contributed by atoms with Crippen LogP contribution in [0.3, 0.4) is 0 Å². The molecule has 3 aliphatic heterocycles. The Hall–Kier alpha value is -4.79. The van der Waals surface area contributed by atoms with E-state index < -0.39 is 29.2 Å². The molecule has 2 N–H and O–H groups in total. The number of carbonyl (C=O) groups is 1. The Morgan fingerprint density at radius 2 is 1.98 bits per heavy atom. The van der Waals surface area contributed by atoms with Gasteiger partial charge >= 0.3 is 12.1 Å². The highest BCUT2D eigenvalue weighted by molar-refractivity contribution is 7.23. The SMILES string of the molecule is C[C@@H]1[C@H](N(C)c2nc(OC[C@@]34CCCN3C[C@H](F)C4)nc3cc(-c4ccc(F)c5sc(N)c(C#N)c45)c(C#N)cc23)CCN1C(=O)OC(C)(C)C. The molecule has 0 radical (unpaired) electrons. The first-order valence-electron chi connectivity index (χ1n) is 17.1. The van der Waals surface area contributed by atoms with Crippen molar-refractivity contribution in [3.05, 3.63) is 41.2 Å². The molecule has 0 unspecified atom stereocenters. The zero-order valence-electron chi connectivity index (χ0n) is 29.3. The Balaban J connectivity index is 1.34. The summed E-state index contributed by atoms with van der Waals surface area (Å²) in [4.78, 5) is 28.7. The monoisotopic (exact) mass is 714 g/mol. The molecule has 0 bridgehead atoms. The van der Waals surface area contributed by atoms with Gasteiger partial charge in [-0.1, -0.05) is 6.07 Å². The van der Waals surface area contributed by atoms with Crippen LogP contribution in [-0.2, 0) is 4.74 Å². The number of halogens is 2. The molecule has 2 aromatic heterocycles. The molecule has 14 heteroatoms. The van der Waals surface area contributed by atoms with Gasteiger partial charge in [0, 0.05) is 42.9 Å². The summed E-state index contributed by atoms with van der Waals surface area (Å²) >= 11 is 0.987. The van der Waals surface area contributed by atoms with Crippen molar-refractivity contribution < 1.29 is 23.0 Å². The Labute approximate surface area is 299 Å². The normalized spacial score (nSPS) is 23.4. The summed E-state index contributed by atoms with van der Waals surface area (Å²) < 4.78 is 41.9. The minimum Gasteiger partial charge on any atom is -0.461 e. The average molecular weight is 715 g/mol. The standard InChI is InChI=1S/C37H40F2N8O3S/c1-20-29(9-12-47(20)35(48)50-36(2,3)4)45(5)33-25-13-21(16-40)24(23-7-8-27(39)31-30(23)26(17-41)32(42)51-31)14-28(25)43-34(44-33)49-19-37-10-6-11-46(37)18-22(38)15-37/h7-8,13-14,20,22,29H,6,9-12,15,18-19,42H2,1-5H3/t20-,22-,29-,37+/m1/s1. The highest BCUT2D eigenvalue weighted by atomic mass is 32.1. The number of nitrogens with two attached hydrogens (primary N) is 1. The van der Waals surface area contributed by atoms with Crippen molar-refractivity contribution in [3.63, 3.8) is 0 Å². The van der Waals surface area contributed by atoms with E-state index in [0.29, 0.717) is 59.2 Å². The number of amides is 1. The predicted molar refractivity (Wildman–Crippen MR) is 192 cm³/mol. The van der Waals surface area contributed by atoms with E-state index in [0.717, 1.165) is 30.7 Å². The number of ether oxygens (including phenoxy) is 2. The summed E-state index contributed by atoms with van der Waals surface area (Å²) in [6, 6.07) is 10.4. The van der Waals surface area contributed by atoms with E-state index in [2.05, 4.69) is 17.0 Å². The lowest BCUT2D eigenvalue weighted by molar-refractivity contribution is 0.0233. The zero-order chi connectivity index (χ0) is 36.4. The molecule has 5 heterocycles. The van der Waals surface area contributed by atoms with E-state index in [1.807, 2.05) is 39.6 Å². The zero-order valence-corrected chi connectivity index (χ0v) is 30.1. The fourth-order valence-electron chi connectivity index (χ4n) is 8.14. The van der Waals surface area contributed by atoms with Crippen LogP contribution in [0.4, 0.5) is 24.4 Å². The predicted octanol–water partition coefficient (Wildman–Crippen LogP) is 6.77. The van der Waals surface area contributed by atoms with Gasteiger partial charge in [0.05, 0.1) is 45.0 Å². The van der Waals surface area contributed by atoms with Crippen LogP contribution < -0.4 is 15.4 Å². The van der Waals surface area contributed by atoms with Gasteiger partial charge in [-0.2, -0.15) is 20.5 Å². The summed E-state index contributed by atoms with van der Waals surface area (Å²) in [7, 11) is 1.89. The third-order valence-corrected chi connectivity index (χ3v) is 11.6. The largest absolute Gasteiger partial charge is 0.461 e. The Morgan fingerprint density at radius 1 is 1.20 bits per heavy atom. The van der Waals surface area contributed by atoms with Crippen LogP contribution >= 0.6 is 11.3 Å². The number of aromatic nitrogens is 2. The molecule has 2 aromatic carbocycles. The molecule has 7 rings (SSSR count). The second kappa shape index (κ2) is 12.8. The van der Waals surface area contributed by atoms with Crippen molar-refractivity contribution in [3.8, 4) is 29.3 Å². The number of likely N-dealkylation sites (N-methyl/N-ethyl adjacent to an activating group) is 1. The number of nitriles is 2. The molecule has 4 aromatic rings. The van der Waals surface area contributed by atoms with Gasteiger partial charge in [-0.3, -0.25) is 4.90 Å². The number of alkyl halides is 1. The van der Waals surface area contributed by atoms with Crippen molar-refractivity contribution in [2.24, 2.45) is 0 Å². The number of thiophene rings is 1. The molecule has 3 saturated heterocycles. The molecule has 266 valence electrons. The minimum atomic E-state index is -0.922. The average Bonchev–Trinajstić information content (AvgIpc) is 3.82. The number of fused-ring (bicyclic) bond motifs is 3. The number of rotatable bonds is 6. The number of anilines is 2. The number of nitrogen functional groups attached to an aromatic ring is 1. The molecule has 0 aliphatic carbocycles. The number of hydrogen-bond donors (Lipinski definition) is 1. The lowest BCUT2D eigenvalue weighted by Gasteiger charge is -2.33. The van der Waals surface area contributed by atoms with Gasteiger partial charge in [-0.25, -0.2) is 13.6 Å². The number of hydrogen-bond acceptors (Lipinski definition) is 11. The molecular formula is C37H40F2N8O3S. The maximum Gasteiger partial charge on any atom is 0.410 e. The maximum absolute atomic E-state index is 15.0. The Morgan fingerprint density at radius 3 is 2.71 bits per heavy atom. The van der Waals surface area contributed by atoms with Crippen LogP contribution in [0.5, 0.6) is 6.01 Å². The molecular weight excluding hydrogens is 675 g/mol.